The van der Waals surface area contributed by atoms with Crippen molar-refractivity contribution in [2.75, 3.05) is 59.7 Å². The maximum Gasteiger partial charge on any atom is 0.251 e. The summed E-state index contributed by atoms with van der Waals surface area (Å²) < 4.78 is 16.7. The molecule has 3 aromatic carbocycles. The highest BCUT2D eigenvalue weighted by Gasteiger charge is 2.50. The zero-order chi connectivity index (χ0) is 65.2. The van der Waals surface area contributed by atoms with E-state index < -0.39 is 152 Å². The number of halogens is 2. The molecule has 4 heterocycles. The third kappa shape index (κ3) is 20.3. The average molecular weight is 1350 g/mol. The molecule has 13 atom stereocenters. The Kier molecular flexibility index (Phi) is 30.1. The van der Waals surface area contributed by atoms with Gasteiger partial charge < -0.3 is 97.8 Å². The molecular formula is C61H87Cl2N11O17S. The summed E-state index contributed by atoms with van der Waals surface area (Å²) in [5, 5.41) is 101. The van der Waals surface area contributed by atoms with Crippen molar-refractivity contribution in [3.63, 3.8) is 0 Å². The minimum Gasteiger partial charge on any atom is -0.504 e. The van der Waals surface area contributed by atoms with Crippen molar-refractivity contribution in [2.45, 2.75) is 151 Å². The van der Waals surface area contributed by atoms with E-state index in [1.54, 1.807) is 19.2 Å². The van der Waals surface area contributed by atoms with E-state index in [1.807, 2.05) is 24.3 Å². The van der Waals surface area contributed by atoms with Gasteiger partial charge in [0.1, 0.15) is 52.0 Å². The molecule has 0 unspecified atom stereocenters. The van der Waals surface area contributed by atoms with Gasteiger partial charge in [-0.15, -0.1) is 35.0 Å². The minimum atomic E-state index is -2.04. The molecule has 0 radical (unpaired) electrons. The van der Waals surface area contributed by atoms with Crippen molar-refractivity contribution >= 4 is 77.5 Å². The van der Waals surface area contributed by atoms with Gasteiger partial charge in [0, 0.05) is 75.2 Å². The molecule has 7 amide bonds. The normalized spacial score (nSPS) is 24.4. The summed E-state index contributed by atoms with van der Waals surface area (Å²) in [6.45, 7) is 2.75. The summed E-state index contributed by atoms with van der Waals surface area (Å²) in [7, 11) is 1.70. The zero-order valence-electron chi connectivity index (χ0n) is 51.5. The number of benzene rings is 3. The predicted molar refractivity (Wildman–Crippen MR) is 342 cm³/mol. The van der Waals surface area contributed by atoms with E-state index >= 15 is 0 Å². The van der Waals surface area contributed by atoms with E-state index in [0.717, 1.165) is 66.7 Å². The topological polar surface area (TPSA) is 433 Å². The van der Waals surface area contributed by atoms with Gasteiger partial charge in [0.25, 0.3) is 5.91 Å². The average Bonchev–Trinajstić information content (AvgIpc) is 1.64. The van der Waals surface area contributed by atoms with E-state index in [-0.39, 0.29) is 80.1 Å². The fourth-order valence-corrected chi connectivity index (χ4v) is 11.8. The van der Waals surface area contributed by atoms with Crippen LogP contribution in [0.25, 0.3) is 21.1 Å². The van der Waals surface area contributed by atoms with Gasteiger partial charge >= 0.3 is 0 Å². The number of aliphatic hydroxyl groups excluding tert-OH is 6. The van der Waals surface area contributed by atoms with Crippen LogP contribution in [0.2, 0.25) is 0 Å². The Morgan fingerprint density at radius 2 is 1.30 bits per heavy atom. The van der Waals surface area contributed by atoms with Gasteiger partial charge in [-0.05, 0) is 99.8 Å². The van der Waals surface area contributed by atoms with Gasteiger partial charge in [0.05, 0.1) is 49.8 Å². The van der Waals surface area contributed by atoms with E-state index in [2.05, 4.69) is 36.8 Å². The quantitative estimate of drug-likeness (QED) is 0.0390. The summed E-state index contributed by atoms with van der Waals surface area (Å²) in [6, 6.07) is 6.75. The second-order valence-electron chi connectivity index (χ2n) is 23.0. The van der Waals surface area contributed by atoms with Crippen LogP contribution in [0, 0.1) is 5.92 Å². The van der Waals surface area contributed by atoms with Crippen LogP contribution in [0.4, 0.5) is 0 Å². The maximum atomic E-state index is 14.7. The molecule has 0 bridgehead atoms. The van der Waals surface area contributed by atoms with Crippen LogP contribution in [0.3, 0.4) is 0 Å². The van der Waals surface area contributed by atoms with Crippen LogP contribution in [0.5, 0.6) is 17.2 Å². The molecule has 3 fully saturated rings. The smallest absolute Gasteiger partial charge is 0.251 e. The number of ether oxygens (including phenoxy) is 3. The van der Waals surface area contributed by atoms with Crippen LogP contribution in [-0.4, -0.2) is 230 Å². The SMILES string of the molecule is COCCCCCCCOc1ccc(-c2nnc(-c3ccc(C(=O)N[C@H]4C[C@@H](O)CNC(=O)[C@@H]5[C@@H](O)[C@@H](C)CN5C(=O)[C@H]([C@H](O)CCN)NC(=O)[C@H]([C@H](O)Cc5ccc(O)c(OCCCN)c5)NC(=O)[C@@H]5C[C@@H](O)CN5C(=O)[C@H]([C@@H](C)O)NC4=O)cc3)s2)cc1.Cl.Cl. The number of carbonyl (C=O) groups is 7. The summed E-state index contributed by atoms with van der Waals surface area (Å²) >= 11 is 1.31. The van der Waals surface area contributed by atoms with E-state index in [9.17, 15) is 69.3 Å². The summed E-state index contributed by atoms with van der Waals surface area (Å²) in [4.78, 5) is 103. The summed E-state index contributed by atoms with van der Waals surface area (Å²) in [5.41, 5.74) is 13.1. The van der Waals surface area contributed by atoms with Crippen LogP contribution in [-0.2, 0) is 39.9 Å². The lowest BCUT2D eigenvalue weighted by Gasteiger charge is -2.34. The molecule has 508 valence electrons. The number of β-amino-alcohol motifs (C(OH)–C–C–N with tert-alkyl or cyclic N) is 1. The Labute approximate surface area is 549 Å². The predicted octanol–water partition coefficient (Wildman–Crippen LogP) is -0.578. The van der Waals surface area contributed by atoms with Crippen molar-refractivity contribution in [1.29, 1.82) is 0 Å². The molecule has 0 aliphatic carbocycles. The van der Waals surface area contributed by atoms with Crippen molar-refractivity contribution in [3.8, 4) is 38.4 Å². The van der Waals surface area contributed by atoms with Crippen molar-refractivity contribution in [2.24, 2.45) is 17.4 Å². The Morgan fingerprint density at radius 1 is 0.696 bits per heavy atom. The highest BCUT2D eigenvalue weighted by Crippen LogP contribution is 2.33. The number of unbranched alkanes of at least 4 members (excludes halogenated alkanes) is 4. The van der Waals surface area contributed by atoms with E-state index in [0.29, 0.717) is 28.6 Å². The Morgan fingerprint density at radius 3 is 1.95 bits per heavy atom. The van der Waals surface area contributed by atoms with Crippen LogP contribution < -0.4 is 47.5 Å². The monoisotopic (exact) mass is 1350 g/mol. The third-order valence-corrected chi connectivity index (χ3v) is 17.0. The number of aliphatic hydroxyl groups is 6. The number of aromatic nitrogens is 2. The van der Waals surface area contributed by atoms with Gasteiger partial charge in [-0.2, -0.15) is 0 Å². The molecule has 28 nitrogen and oxygen atoms in total. The molecule has 92 heavy (non-hydrogen) atoms. The second kappa shape index (κ2) is 36.5. The first-order chi connectivity index (χ1) is 43.1. The molecule has 3 saturated heterocycles. The van der Waals surface area contributed by atoms with Gasteiger partial charge in [0.15, 0.2) is 11.5 Å². The van der Waals surface area contributed by atoms with E-state index in [4.69, 9.17) is 25.7 Å². The fourth-order valence-electron chi connectivity index (χ4n) is 10.9. The Balaban J connectivity index is 0.00000768. The number of rotatable bonds is 24. The molecule has 7 rings (SSSR count). The molecule has 3 aliphatic heterocycles. The number of carbonyl (C=O) groups excluding carboxylic acids is 7. The molecule has 4 aromatic rings. The van der Waals surface area contributed by atoms with Crippen molar-refractivity contribution in [1.82, 2.24) is 46.6 Å². The number of amides is 7. The third-order valence-electron chi connectivity index (χ3n) is 16.0. The van der Waals surface area contributed by atoms with Crippen molar-refractivity contribution < 1.29 is 83.5 Å². The number of hydrogen-bond donors (Lipinski definition) is 14. The second-order valence-corrected chi connectivity index (χ2v) is 24.0. The van der Waals surface area contributed by atoms with E-state index in [1.165, 1.54) is 48.6 Å². The zero-order valence-corrected chi connectivity index (χ0v) is 53.9. The number of fused-ring (bicyclic) bond motifs is 2. The number of nitrogens with one attached hydrogen (secondary N) is 5. The maximum absolute atomic E-state index is 14.7. The number of nitrogens with two attached hydrogens (primary N) is 2. The Hall–Kier alpha value is -6.87. The Bertz CT molecular complexity index is 3060. The first kappa shape index (κ1) is 75.8. The highest BCUT2D eigenvalue weighted by atomic mass is 35.5. The molecule has 0 saturated carbocycles. The fraction of sp³-hybridized carbons (Fsp3) is 0.557. The molecule has 1 aromatic heterocycles. The number of phenols is 1. The lowest BCUT2D eigenvalue weighted by molar-refractivity contribution is -0.147. The lowest BCUT2D eigenvalue weighted by Crippen LogP contribution is -2.64. The lowest BCUT2D eigenvalue weighted by atomic mass is 9.98. The molecule has 16 N–H and O–H groups in total. The van der Waals surface area contributed by atoms with Crippen LogP contribution in [0.15, 0.2) is 66.7 Å². The standard InChI is InChI=1S/C61H85N11O17S.2ClH/c1-33-31-72-51(52(33)79)57(84)64-30-39(74)28-42(65-53(80)36-11-13-37(14-12-36)58-69-70-59(90-58)38-15-17-41(18-16-38)88-24-8-6-4-5-7-23-87-3)54(81)66-48(34(2)73)60(85)71-32-40(75)29-43(71)55(82)67-49(56(83)68-50(61(72)86)45(77)20-22-63)46(78)26-35-10-19-44(76)47(27-35)89-25-9-21-62;;/h10-19,27,33-34,39-40,42-43,45-46,48-52,73-79H,4-9,20-26,28-32,62-63H2,1-3H3,(H,64,84)(H,65,80)(H,66,81)(H,67,82)(H,68,83);2*1H/t33-,34+,39+,40+,42-,43-,45+,46+,48-,49-,50-,51-,52-;;/m0../s1. The number of phenolic OH excluding ortho intramolecular Hbond substituents is 1. The largest absolute Gasteiger partial charge is 0.504 e. The molecular weight excluding hydrogens is 1260 g/mol. The van der Waals surface area contributed by atoms with Crippen LogP contribution in [0.1, 0.15) is 87.6 Å². The van der Waals surface area contributed by atoms with Crippen LogP contribution >= 0.6 is 36.2 Å². The molecule has 3 aliphatic rings. The first-order valence-electron chi connectivity index (χ1n) is 30.3. The summed E-state index contributed by atoms with van der Waals surface area (Å²) in [5.74, 6) is -7.87. The van der Waals surface area contributed by atoms with Gasteiger partial charge in [-0.25, -0.2) is 0 Å². The molecule has 31 heteroatoms. The van der Waals surface area contributed by atoms with Gasteiger partial charge in [-0.3, -0.25) is 33.6 Å². The minimum absolute atomic E-state index is 0. The first-order valence-corrected chi connectivity index (χ1v) is 31.1. The number of hydrogen-bond acceptors (Lipinski definition) is 22. The number of aromatic hydroxyl groups is 1. The number of nitrogens with zero attached hydrogens (tertiary/aromatic N) is 4. The van der Waals surface area contributed by atoms with Gasteiger partial charge in [0.2, 0.25) is 35.4 Å². The van der Waals surface area contributed by atoms with Gasteiger partial charge in [-0.1, -0.05) is 55.7 Å². The van der Waals surface area contributed by atoms with Crippen molar-refractivity contribution in [3.05, 3.63) is 77.9 Å². The highest BCUT2D eigenvalue weighted by molar-refractivity contribution is 7.17. The molecule has 0 spiro atoms. The number of methoxy groups -OCH3 is 1. The summed E-state index contributed by atoms with van der Waals surface area (Å²) in [6.07, 6.45) is -6.16.